The van der Waals surface area contributed by atoms with Crippen LogP contribution in [0.2, 0.25) is 0 Å². The van der Waals surface area contributed by atoms with Gasteiger partial charge in [-0.1, -0.05) is 54.1 Å². The minimum absolute atomic E-state index is 0.259. The topological polar surface area (TPSA) is 68.4 Å². The molecule has 6 nitrogen and oxygen atoms in total. The van der Waals surface area contributed by atoms with Crippen LogP contribution < -0.4 is 10.9 Å². The van der Waals surface area contributed by atoms with Gasteiger partial charge in [0, 0.05) is 18.8 Å². The van der Waals surface area contributed by atoms with Crippen LogP contribution in [-0.2, 0) is 7.05 Å². The molecule has 1 amide bonds. The van der Waals surface area contributed by atoms with Gasteiger partial charge in [0.25, 0.3) is 11.5 Å². The Bertz CT molecular complexity index is 1360. The molecule has 0 bridgehead atoms. The van der Waals surface area contributed by atoms with Gasteiger partial charge < -0.3 is 5.32 Å². The Morgan fingerprint density at radius 3 is 2.44 bits per heavy atom. The molecule has 0 spiro atoms. The predicted molar refractivity (Wildman–Crippen MR) is 129 cm³/mol. The number of para-hydroxylation sites is 1. The van der Waals surface area contributed by atoms with E-state index in [-0.39, 0.29) is 17.2 Å². The molecular formula is C26H24N4O2. The lowest BCUT2D eigenvalue weighted by Gasteiger charge is -2.07. The number of aryl methyl sites for hydroxylation is 1. The molecule has 1 heterocycles. The summed E-state index contributed by atoms with van der Waals surface area (Å²) in [6.45, 7) is 3.83. The number of rotatable bonds is 5. The molecule has 0 unspecified atom stereocenters. The van der Waals surface area contributed by atoms with Crippen molar-refractivity contribution in [1.29, 1.82) is 0 Å². The van der Waals surface area contributed by atoms with Crippen LogP contribution in [0.3, 0.4) is 0 Å². The van der Waals surface area contributed by atoms with Gasteiger partial charge in [-0.3, -0.25) is 19.3 Å². The van der Waals surface area contributed by atoms with Crippen LogP contribution in [0.5, 0.6) is 0 Å². The Kier molecular flexibility index (Phi) is 5.85. The standard InChI is InChI=1S/C26H24N4O2/c1-18-9-7-10-20(15-18)17-27-22-12-8-11-21(16-22)25(31)28-24-19(2)29(3)30(26(24)32)23-13-5-4-6-14-23/h4-17H,1-3H3,(H,28,31). The zero-order valence-electron chi connectivity index (χ0n) is 18.2. The number of benzene rings is 3. The molecule has 0 aliphatic heterocycles. The van der Waals surface area contributed by atoms with Crippen molar-refractivity contribution in [2.24, 2.45) is 12.0 Å². The first-order valence-electron chi connectivity index (χ1n) is 10.3. The maximum Gasteiger partial charge on any atom is 0.295 e. The number of hydrogen-bond donors (Lipinski definition) is 1. The molecule has 0 aliphatic carbocycles. The number of nitrogens with zero attached hydrogens (tertiary/aromatic N) is 3. The third-order valence-electron chi connectivity index (χ3n) is 5.31. The maximum absolute atomic E-state index is 13.0. The van der Waals surface area contributed by atoms with Crippen molar-refractivity contribution in [3.05, 3.63) is 112 Å². The normalized spacial score (nSPS) is 11.1. The molecule has 0 saturated carbocycles. The van der Waals surface area contributed by atoms with E-state index in [0.29, 0.717) is 16.9 Å². The van der Waals surface area contributed by atoms with Gasteiger partial charge in [0.05, 0.1) is 17.1 Å². The summed E-state index contributed by atoms with van der Waals surface area (Å²) in [7, 11) is 1.79. The lowest BCUT2D eigenvalue weighted by molar-refractivity contribution is 0.102. The number of aromatic nitrogens is 2. The van der Waals surface area contributed by atoms with Crippen molar-refractivity contribution in [3.63, 3.8) is 0 Å². The zero-order chi connectivity index (χ0) is 22.7. The third kappa shape index (κ3) is 4.30. The van der Waals surface area contributed by atoms with E-state index in [1.165, 1.54) is 4.68 Å². The summed E-state index contributed by atoms with van der Waals surface area (Å²) in [5, 5.41) is 2.79. The van der Waals surface area contributed by atoms with Gasteiger partial charge in [0.1, 0.15) is 5.69 Å². The third-order valence-corrected chi connectivity index (χ3v) is 5.31. The summed E-state index contributed by atoms with van der Waals surface area (Å²) in [6.07, 6.45) is 1.77. The summed E-state index contributed by atoms with van der Waals surface area (Å²) >= 11 is 0. The second-order valence-corrected chi connectivity index (χ2v) is 7.61. The molecule has 0 fully saturated rings. The van der Waals surface area contributed by atoms with E-state index in [2.05, 4.69) is 10.3 Å². The molecule has 0 radical (unpaired) electrons. The van der Waals surface area contributed by atoms with Gasteiger partial charge in [-0.15, -0.1) is 0 Å². The Morgan fingerprint density at radius 1 is 0.938 bits per heavy atom. The van der Waals surface area contributed by atoms with Crippen LogP contribution in [0.25, 0.3) is 5.69 Å². The number of hydrogen-bond acceptors (Lipinski definition) is 3. The van der Waals surface area contributed by atoms with Crippen LogP contribution in [0.4, 0.5) is 11.4 Å². The summed E-state index contributed by atoms with van der Waals surface area (Å²) in [6, 6.07) is 24.4. The summed E-state index contributed by atoms with van der Waals surface area (Å²) < 4.78 is 3.27. The second kappa shape index (κ2) is 8.89. The highest BCUT2D eigenvalue weighted by Crippen LogP contribution is 2.18. The van der Waals surface area contributed by atoms with Crippen molar-refractivity contribution in [2.45, 2.75) is 13.8 Å². The average Bonchev–Trinajstić information content (AvgIpc) is 3.01. The predicted octanol–water partition coefficient (Wildman–Crippen LogP) is 4.80. The smallest absolute Gasteiger partial charge is 0.295 e. The molecule has 0 saturated heterocycles. The highest BCUT2D eigenvalue weighted by Gasteiger charge is 2.18. The van der Waals surface area contributed by atoms with Gasteiger partial charge in [-0.25, -0.2) is 4.68 Å². The average molecular weight is 425 g/mol. The molecule has 1 aromatic heterocycles. The number of amides is 1. The van der Waals surface area contributed by atoms with Crippen molar-refractivity contribution < 1.29 is 4.79 Å². The number of anilines is 1. The summed E-state index contributed by atoms with van der Waals surface area (Å²) in [5.74, 6) is -0.358. The molecular weight excluding hydrogens is 400 g/mol. The molecule has 6 heteroatoms. The van der Waals surface area contributed by atoms with Crippen LogP contribution in [0.1, 0.15) is 27.2 Å². The van der Waals surface area contributed by atoms with Gasteiger partial charge in [0.15, 0.2) is 0 Å². The molecule has 32 heavy (non-hydrogen) atoms. The van der Waals surface area contributed by atoms with Crippen molar-refractivity contribution in [2.75, 3.05) is 5.32 Å². The van der Waals surface area contributed by atoms with Gasteiger partial charge in [-0.2, -0.15) is 0 Å². The minimum Gasteiger partial charge on any atom is -0.316 e. The van der Waals surface area contributed by atoms with Crippen LogP contribution in [0.15, 0.2) is 88.6 Å². The fraction of sp³-hybridized carbons (Fsp3) is 0.115. The number of aliphatic imine (C=N–C) groups is 1. The molecule has 160 valence electrons. The Labute approximate surface area is 186 Å². The first-order valence-corrected chi connectivity index (χ1v) is 10.3. The fourth-order valence-corrected chi connectivity index (χ4v) is 3.52. The van der Waals surface area contributed by atoms with Crippen molar-refractivity contribution in [3.8, 4) is 5.69 Å². The number of nitrogens with one attached hydrogen (secondary N) is 1. The van der Waals surface area contributed by atoms with Gasteiger partial charge >= 0.3 is 0 Å². The lowest BCUT2D eigenvalue weighted by Crippen LogP contribution is -2.22. The van der Waals surface area contributed by atoms with E-state index in [1.807, 2.05) is 67.6 Å². The lowest BCUT2D eigenvalue weighted by atomic mass is 10.1. The zero-order valence-corrected chi connectivity index (χ0v) is 18.2. The van der Waals surface area contributed by atoms with E-state index in [4.69, 9.17) is 0 Å². The molecule has 0 aliphatic rings. The quantitative estimate of drug-likeness (QED) is 0.468. The SMILES string of the molecule is Cc1cccc(C=Nc2cccc(C(=O)Nc3c(C)n(C)n(-c4ccccc4)c3=O)c2)c1. The summed E-state index contributed by atoms with van der Waals surface area (Å²) in [5.41, 5.74) is 4.61. The first-order chi connectivity index (χ1) is 15.4. The van der Waals surface area contributed by atoms with E-state index in [9.17, 15) is 9.59 Å². The highest BCUT2D eigenvalue weighted by molar-refractivity contribution is 6.05. The Morgan fingerprint density at radius 2 is 1.69 bits per heavy atom. The van der Waals surface area contributed by atoms with Crippen LogP contribution in [0, 0.1) is 13.8 Å². The monoisotopic (exact) mass is 424 g/mol. The first kappa shape index (κ1) is 21.1. The fourth-order valence-electron chi connectivity index (χ4n) is 3.52. The van der Waals surface area contributed by atoms with E-state index >= 15 is 0 Å². The number of carbonyl (C=O) groups excluding carboxylic acids is 1. The molecule has 1 N–H and O–H groups in total. The molecule has 4 rings (SSSR count). The molecule has 3 aromatic carbocycles. The van der Waals surface area contributed by atoms with Crippen molar-refractivity contribution in [1.82, 2.24) is 9.36 Å². The Balaban J connectivity index is 1.59. The Hall–Kier alpha value is -4.19. The van der Waals surface area contributed by atoms with Crippen LogP contribution >= 0.6 is 0 Å². The van der Waals surface area contributed by atoms with E-state index in [0.717, 1.165) is 16.8 Å². The van der Waals surface area contributed by atoms with Gasteiger partial charge in [0.2, 0.25) is 0 Å². The summed E-state index contributed by atoms with van der Waals surface area (Å²) in [4.78, 5) is 30.4. The maximum atomic E-state index is 13.0. The van der Waals surface area contributed by atoms with Crippen LogP contribution in [-0.4, -0.2) is 21.5 Å². The largest absolute Gasteiger partial charge is 0.316 e. The van der Waals surface area contributed by atoms with E-state index in [1.54, 1.807) is 43.1 Å². The molecule has 4 aromatic rings. The van der Waals surface area contributed by atoms with Gasteiger partial charge in [-0.05, 0) is 49.7 Å². The second-order valence-electron chi connectivity index (χ2n) is 7.61. The van der Waals surface area contributed by atoms with Crippen molar-refractivity contribution >= 4 is 23.5 Å². The highest BCUT2D eigenvalue weighted by atomic mass is 16.2. The molecule has 0 atom stereocenters. The number of carbonyl (C=O) groups is 1. The van der Waals surface area contributed by atoms with E-state index < -0.39 is 0 Å². The minimum atomic E-state index is -0.358.